The number of aromatic nitrogens is 2. The molecule has 0 radical (unpaired) electrons. The smallest absolute Gasteiger partial charge is 0.286 e. The molecule has 1 aliphatic carbocycles. The van der Waals surface area contributed by atoms with Crippen LogP contribution in [0.1, 0.15) is 46.0 Å². The van der Waals surface area contributed by atoms with Gasteiger partial charge in [0.25, 0.3) is 5.91 Å². The van der Waals surface area contributed by atoms with Crippen LogP contribution in [-0.2, 0) is 26.0 Å². The average Bonchev–Trinajstić information content (AvgIpc) is 3.44. The third kappa shape index (κ3) is 4.82. The number of rotatable bonds is 8. The van der Waals surface area contributed by atoms with Crippen molar-refractivity contribution in [3.63, 3.8) is 0 Å². The number of aryl methyl sites for hydroxylation is 4. The molecule has 2 heterocycles. The quantitative estimate of drug-likeness (QED) is 0.558. The topological polar surface area (TPSA) is 69.3 Å². The fraction of sp³-hybridized carbons (Fsp3) is 0.364. The van der Waals surface area contributed by atoms with E-state index in [1.165, 1.54) is 17.5 Å². The zero-order valence-corrected chi connectivity index (χ0v) is 17.2. The van der Waals surface area contributed by atoms with Crippen LogP contribution in [0.2, 0.25) is 5.02 Å². The van der Waals surface area contributed by atoms with Crippen molar-refractivity contribution in [1.82, 2.24) is 15.1 Å². The fourth-order valence-corrected chi connectivity index (χ4v) is 3.66. The van der Waals surface area contributed by atoms with Crippen molar-refractivity contribution in [3.05, 3.63) is 69.9 Å². The van der Waals surface area contributed by atoms with Gasteiger partial charge >= 0.3 is 0 Å². The molecule has 1 aliphatic rings. The van der Waals surface area contributed by atoms with Crippen LogP contribution in [0.15, 0.2) is 40.9 Å². The lowest BCUT2D eigenvalue weighted by molar-refractivity contribution is 0.0921. The highest BCUT2D eigenvalue weighted by molar-refractivity contribution is 6.31. The molecule has 1 aromatic carbocycles. The Balaban J connectivity index is 1.22. The molecule has 2 aromatic heterocycles. The summed E-state index contributed by atoms with van der Waals surface area (Å²) in [6.45, 7) is 3.37. The summed E-state index contributed by atoms with van der Waals surface area (Å²) in [5, 5.41) is 7.80. The Labute approximate surface area is 174 Å². The Hall–Kier alpha value is -2.73. The Morgan fingerprint density at radius 1 is 1.28 bits per heavy atom. The minimum atomic E-state index is -0.233. The molecule has 7 heteroatoms. The van der Waals surface area contributed by atoms with Gasteiger partial charge < -0.3 is 14.5 Å². The summed E-state index contributed by atoms with van der Waals surface area (Å²) >= 11 is 5.99. The van der Waals surface area contributed by atoms with Gasteiger partial charge in [0.2, 0.25) is 0 Å². The van der Waals surface area contributed by atoms with Crippen LogP contribution >= 0.6 is 11.6 Å². The molecule has 0 saturated carbocycles. The first-order valence-electron chi connectivity index (χ1n) is 9.89. The molecule has 6 nitrogen and oxygen atoms in total. The van der Waals surface area contributed by atoms with E-state index in [4.69, 9.17) is 20.8 Å². The lowest BCUT2D eigenvalue weighted by Gasteiger charge is -2.07. The van der Waals surface area contributed by atoms with Crippen LogP contribution in [0.5, 0.6) is 5.75 Å². The molecule has 1 amide bonds. The second-order valence-electron chi connectivity index (χ2n) is 7.27. The second kappa shape index (κ2) is 8.74. The van der Waals surface area contributed by atoms with Gasteiger partial charge in [0.1, 0.15) is 18.1 Å². The van der Waals surface area contributed by atoms with Crippen LogP contribution in [0.3, 0.4) is 0 Å². The van der Waals surface area contributed by atoms with E-state index in [9.17, 15) is 4.79 Å². The van der Waals surface area contributed by atoms with Crippen molar-refractivity contribution < 1.29 is 13.9 Å². The summed E-state index contributed by atoms with van der Waals surface area (Å²) in [7, 11) is 0. The highest BCUT2D eigenvalue weighted by atomic mass is 35.5. The lowest BCUT2D eigenvalue weighted by Crippen LogP contribution is -2.24. The normalized spacial score (nSPS) is 12.8. The number of halogens is 1. The van der Waals surface area contributed by atoms with Crippen molar-refractivity contribution in [3.8, 4) is 5.75 Å². The standard InChI is InChI=1S/C22H24ClN3O3/c1-15-20(23)13-26(25-15)11-3-10-24-22(27)21-9-8-19(29-21)14-28-18-7-6-16-4-2-5-17(16)12-18/h6-9,12-13H,2-5,10-11,14H2,1H3,(H,24,27). The molecule has 29 heavy (non-hydrogen) atoms. The maximum Gasteiger partial charge on any atom is 0.286 e. The number of benzene rings is 1. The Morgan fingerprint density at radius 3 is 2.97 bits per heavy atom. The molecule has 0 saturated heterocycles. The van der Waals surface area contributed by atoms with E-state index in [-0.39, 0.29) is 11.7 Å². The summed E-state index contributed by atoms with van der Waals surface area (Å²) < 4.78 is 13.2. The number of nitrogens with zero attached hydrogens (tertiary/aromatic N) is 2. The van der Waals surface area contributed by atoms with Gasteiger partial charge in [-0.2, -0.15) is 5.10 Å². The Bertz CT molecular complexity index is 989. The van der Waals surface area contributed by atoms with Crippen molar-refractivity contribution in [2.75, 3.05) is 6.54 Å². The summed E-state index contributed by atoms with van der Waals surface area (Å²) in [5.41, 5.74) is 3.59. The summed E-state index contributed by atoms with van der Waals surface area (Å²) in [4.78, 5) is 12.2. The first-order chi connectivity index (χ1) is 14.1. The molecule has 0 aliphatic heterocycles. The predicted molar refractivity (Wildman–Crippen MR) is 110 cm³/mol. The monoisotopic (exact) mass is 413 g/mol. The molecular weight excluding hydrogens is 390 g/mol. The maximum absolute atomic E-state index is 12.2. The molecule has 0 fully saturated rings. The van der Waals surface area contributed by atoms with Gasteiger partial charge in [0.15, 0.2) is 5.76 Å². The summed E-state index contributed by atoms with van der Waals surface area (Å²) in [5.74, 6) is 1.51. The third-order valence-corrected chi connectivity index (χ3v) is 5.44. The Morgan fingerprint density at radius 2 is 2.14 bits per heavy atom. The molecule has 152 valence electrons. The zero-order valence-electron chi connectivity index (χ0n) is 16.4. The van der Waals surface area contributed by atoms with E-state index < -0.39 is 0 Å². The van der Waals surface area contributed by atoms with Crippen LogP contribution in [-0.4, -0.2) is 22.2 Å². The number of hydrogen-bond acceptors (Lipinski definition) is 4. The molecule has 3 aromatic rings. The molecular formula is C22H24ClN3O3. The zero-order chi connectivity index (χ0) is 20.2. The Kier molecular flexibility index (Phi) is 5.90. The molecule has 0 unspecified atom stereocenters. The minimum Gasteiger partial charge on any atom is -0.486 e. The van der Waals surface area contributed by atoms with E-state index in [2.05, 4.69) is 22.5 Å². The number of carbonyl (C=O) groups excluding carboxylic acids is 1. The third-order valence-electron chi connectivity index (χ3n) is 5.07. The van der Waals surface area contributed by atoms with Crippen LogP contribution in [0.25, 0.3) is 0 Å². The summed E-state index contributed by atoms with van der Waals surface area (Å²) in [6, 6.07) is 9.68. The number of carbonyl (C=O) groups is 1. The van der Waals surface area contributed by atoms with Gasteiger partial charge in [-0.05, 0) is 68.0 Å². The van der Waals surface area contributed by atoms with Gasteiger partial charge in [-0.15, -0.1) is 0 Å². The largest absolute Gasteiger partial charge is 0.486 e. The van der Waals surface area contributed by atoms with E-state index in [1.807, 2.05) is 13.0 Å². The molecule has 1 N–H and O–H groups in total. The average molecular weight is 414 g/mol. The lowest BCUT2D eigenvalue weighted by atomic mass is 10.1. The summed E-state index contributed by atoms with van der Waals surface area (Å²) in [6.07, 6.45) is 6.02. The van der Waals surface area contributed by atoms with E-state index in [1.54, 1.807) is 23.0 Å². The molecule has 4 rings (SSSR count). The first-order valence-corrected chi connectivity index (χ1v) is 10.3. The van der Waals surface area contributed by atoms with Crippen molar-refractivity contribution >= 4 is 17.5 Å². The van der Waals surface area contributed by atoms with Gasteiger partial charge in [0, 0.05) is 19.3 Å². The highest BCUT2D eigenvalue weighted by Crippen LogP contribution is 2.26. The number of hydrogen-bond donors (Lipinski definition) is 1. The van der Waals surface area contributed by atoms with Gasteiger partial charge in [-0.3, -0.25) is 9.48 Å². The predicted octanol–water partition coefficient (Wildman–Crippen LogP) is 4.33. The van der Waals surface area contributed by atoms with Crippen molar-refractivity contribution in [1.29, 1.82) is 0 Å². The van der Waals surface area contributed by atoms with Crippen molar-refractivity contribution in [2.45, 2.75) is 45.8 Å². The van der Waals surface area contributed by atoms with E-state index in [0.717, 1.165) is 30.7 Å². The van der Waals surface area contributed by atoms with Crippen LogP contribution in [0, 0.1) is 6.92 Å². The SMILES string of the molecule is Cc1nn(CCCNC(=O)c2ccc(COc3ccc4c(c3)CCC4)o2)cc1Cl. The van der Waals surface area contributed by atoms with Gasteiger partial charge in [0.05, 0.1) is 10.7 Å². The number of furan rings is 1. The van der Waals surface area contributed by atoms with E-state index >= 15 is 0 Å². The van der Waals surface area contributed by atoms with E-state index in [0.29, 0.717) is 30.5 Å². The maximum atomic E-state index is 12.2. The number of fused-ring (bicyclic) bond motifs is 1. The molecule has 0 atom stereocenters. The van der Waals surface area contributed by atoms with Crippen molar-refractivity contribution in [2.24, 2.45) is 0 Å². The molecule has 0 spiro atoms. The van der Waals surface area contributed by atoms with Gasteiger partial charge in [-0.25, -0.2) is 0 Å². The second-order valence-corrected chi connectivity index (χ2v) is 7.68. The number of nitrogens with one attached hydrogen (secondary N) is 1. The minimum absolute atomic E-state index is 0.233. The number of ether oxygens (including phenoxy) is 1. The number of amides is 1. The highest BCUT2D eigenvalue weighted by Gasteiger charge is 2.13. The first kappa shape index (κ1) is 19.6. The van der Waals surface area contributed by atoms with Gasteiger partial charge in [-0.1, -0.05) is 17.7 Å². The molecule has 0 bridgehead atoms. The van der Waals surface area contributed by atoms with Crippen LogP contribution < -0.4 is 10.1 Å². The fourth-order valence-electron chi connectivity index (χ4n) is 3.51. The van der Waals surface area contributed by atoms with Crippen LogP contribution in [0.4, 0.5) is 0 Å².